The van der Waals surface area contributed by atoms with Crippen molar-refractivity contribution in [3.63, 3.8) is 0 Å². The Morgan fingerprint density at radius 2 is 2.22 bits per heavy atom. The lowest BCUT2D eigenvalue weighted by atomic mass is 10.1. The molecule has 1 aromatic carbocycles. The molecule has 1 aliphatic carbocycles. The van der Waals surface area contributed by atoms with Crippen LogP contribution in [-0.2, 0) is 0 Å². The second-order valence-corrected chi connectivity index (χ2v) is 4.92. The largest absolute Gasteiger partial charge is 0.492 e. The Labute approximate surface area is 110 Å². The Morgan fingerprint density at radius 3 is 2.89 bits per heavy atom. The Balaban J connectivity index is 1.84. The van der Waals surface area contributed by atoms with E-state index in [1.54, 1.807) is 12.1 Å². The molecule has 0 atom stereocenters. The number of ether oxygens (including phenoxy) is 1. The van der Waals surface area contributed by atoms with E-state index >= 15 is 0 Å². The molecule has 0 unspecified atom stereocenters. The van der Waals surface area contributed by atoms with Gasteiger partial charge in [-0.1, -0.05) is 22.8 Å². The predicted octanol–water partition coefficient (Wildman–Crippen LogP) is 3.37. The molecule has 0 amide bonds. The van der Waals surface area contributed by atoms with Gasteiger partial charge in [0, 0.05) is 11.6 Å². The van der Waals surface area contributed by atoms with E-state index in [0.29, 0.717) is 28.3 Å². The Morgan fingerprint density at radius 1 is 1.39 bits per heavy atom. The summed E-state index contributed by atoms with van der Waals surface area (Å²) in [5.74, 6) is 1.66. The number of anilines is 1. The number of aromatic nitrogens is 1. The lowest BCUT2D eigenvalue weighted by Gasteiger charge is -2.08. The van der Waals surface area contributed by atoms with Crippen LogP contribution >= 0.6 is 11.6 Å². The molecule has 0 bridgehead atoms. The standard InChI is InChI=1S/C13H13ClN2O2/c14-10-4-3-9(11-6-13(15)18-16-11)5-12(10)17-7-8-1-2-8/h3-6,8H,1-2,7,15H2. The molecule has 0 aliphatic heterocycles. The molecule has 0 radical (unpaired) electrons. The molecule has 1 saturated carbocycles. The van der Waals surface area contributed by atoms with E-state index < -0.39 is 0 Å². The highest BCUT2D eigenvalue weighted by Crippen LogP contribution is 2.34. The molecule has 4 nitrogen and oxygen atoms in total. The van der Waals surface area contributed by atoms with Crippen molar-refractivity contribution in [3.05, 3.63) is 29.3 Å². The number of nitrogens with two attached hydrogens (primary N) is 1. The smallest absolute Gasteiger partial charge is 0.222 e. The first-order valence-corrected chi connectivity index (χ1v) is 6.25. The van der Waals surface area contributed by atoms with E-state index in [1.165, 1.54) is 12.8 Å². The lowest BCUT2D eigenvalue weighted by molar-refractivity contribution is 0.300. The summed E-state index contributed by atoms with van der Waals surface area (Å²) in [6.07, 6.45) is 2.49. The summed E-state index contributed by atoms with van der Waals surface area (Å²) < 4.78 is 10.6. The first-order valence-electron chi connectivity index (χ1n) is 5.87. The quantitative estimate of drug-likeness (QED) is 0.920. The van der Waals surface area contributed by atoms with E-state index in [9.17, 15) is 0 Å². The van der Waals surface area contributed by atoms with E-state index in [-0.39, 0.29) is 0 Å². The summed E-state index contributed by atoms with van der Waals surface area (Å²) in [5.41, 5.74) is 7.07. The third-order valence-electron chi connectivity index (χ3n) is 2.93. The minimum Gasteiger partial charge on any atom is -0.492 e. The summed E-state index contributed by atoms with van der Waals surface area (Å²) in [5, 5.41) is 4.47. The van der Waals surface area contributed by atoms with Gasteiger partial charge < -0.3 is 15.0 Å². The van der Waals surface area contributed by atoms with Crippen LogP contribution < -0.4 is 10.5 Å². The maximum atomic E-state index is 6.10. The fraction of sp³-hybridized carbons (Fsp3) is 0.308. The summed E-state index contributed by atoms with van der Waals surface area (Å²) >= 11 is 6.10. The number of nitrogens with zero attached hydrogens (tertiary/aromatic N) is 1. The molecule has 1 heterocycles. The average molecular weight is 265 g/mol. The minimum atomic E-state index is 0.292. The summed E-state index contributed by atoms with van der Waals surface area (Å²) in [6, 6.07) is 7.20. The normalized spacial score (nSPS) is 14.7. The molecule has 18 heavy (non-hydrogen) atoms. The minimum absolute atomic E-state index is 0.292. The lowest BCUT2D eigenvalue weighted by Crippen LogP contribution is -1.99. The molecule has 2 N–H and O–H groups in total. The van der Waals surface area contributed by atoms with Crippen LogP contribution in [0.2, 0.25) is 5.02 Å². The second kappa shape index (κ2) is 4.53. The van der Waals surface area contributed by atoms with Gasteiger partial charge in [0.15, 0.2) is 0 Å². The molecule has 3 rings (SSSR count). The van der Waals surface area contributed by atoms with Crippen molar-refractivity contribution >= 4 is 17.5 Å². The molecule has 0 saturated heterocycles. The highest BCUT2D eigenvalue weighted by Gasteiger charge is 2.22. The molecular weight excluding hydrogens is 252 g/mol. The fourth-order valence-corrected chi connectivity index (χ4v) is 1.86. The van der Waals surface area contributed by atoms with Gasteiger partial charge in [0.05, 0.1) is 11.6 Å². The van der Waals surface area contributed by atoms with Crippen molar-refractivity contribution in [1.29, 1.82) is 0 Å². The number of nitrogen functional groups attached to an aromatic ring is 1. The topological polar surface area (TPSA) is 61.3 Å². The summed E-state index contributed by atoms with van der Waals surface area (Å²) in [6.45, 7) is 0.726. The summed E-state index contributed by atoms with van der Waals surface area (Å²) in [4.78, 5) is 0. The number of hydrogen-bond donors (Lipinski definition) is 1. The second-order valence-electron chi connectivity index (χ2n) is 4.51. The Hall–Kier alpha value is -1.68. The molecular formula is C13H13ClN2O2. The van der Waals surface area contributed by atoms with Crippen LogP contribution in [0, 0.1) is 5.92 Å². The van der Waals surface area contributed by atoms with Crippen molar-refractivity contribution in [2.24, 2.45) is 5.92 Å². The first-order chi connectivity index (χ1) is 8.72. The van der Waals surface area contributed by atoms with Gasteiger partial charge in [0.1, 0.15) is 11.4 Å². The van der Waals surface area contributed by atoms with Gasteiger partial charge in [0.2, 0.25) is 5.88 Å². The highest BCUT2D eigenvalue weighted by molar-refractivity contribution is 6.32. The van der Waals surface area contributed by atoms with Crippen LogP contribution in [0.5, 0.6) is 5.75 Å². The molecule has 0 spiro atoms. The number of rotatable bonds is 4. The van der Waals surface area contributed by atoms with Crippen molar-refractivity contribution < 1.29 is 9.26 Å². The Kier molecular flexibility index (Phi) is 2.88. The third-order valence-corrected chi connectivity index (χ3v) is 3.24. The first kappa shape index (κ1) is 11.4. The van der Waals surface area contributed by atoms with Gasteiger partial charge in [-0.15, -0.1) is 0 Å². The van der Waals surface area contributed by atoms with E-state index in [0.717, 1.165) is 12.2 Å². The van der Waals surface area contributed by atoms with Crippen molar-refractivity contribution in [1.82, 2.24) is 5.16 Å². The maximum Gasteiger partial charge on any atom is 0.222 e. The maximum absolute atomic E-state index is 6.10. The van der Waals surface area contributed by atoms with Crippen molar-refractivity contribution in [2.45, 2.75) is 12.8 Å². The molecule has 94 valence electrons. The van der Waals surface area contributed by atoms with Gasteiger partial charge in [-0.3, -0.25) is 0 Å². The van der Waals surface area contributed by atoms with Gasteiger partial charge in [-0.25, -0.2) is 0 Å². The Bertz CT molecular complexity index is 564. The average Bonchev–Trinajstić information content (AvgIpc) is 3.09. The SMILES string of the molecule is Nc1cc(-c2ccc(Cl)c(OCC3CC3)c2)no1. The number of benzene rings is 1. The van der Waals surface area contributed by atoms with Crippen molar-refractivity contribution in [2.75, 3.05) is 12.3 Å². The molecule has 1 aromatic heterocycles. The van der Waals surface area contributed by atoms with Gasteiger partial charge in [0.25, 0.3) is 0 Å². The van der Waals surface area contributed by atoms with Crippen LogP contribution in [0.3, 0.4) is 0 Å². The van der Waals surface area contributed by atoms with Gasteiger partial charge in [-0.05, 0) is 30.9 Å². The fourth-order valence-electron chi connectivity index (χ4n) is 1.69. The highest BCUT2D eigenvalue weighted by atomic mass is 35.5. The van der Waals surface area contributed by atoms with E-state index in [1.807, 2.05) is 12.1 Å². The molecule has 1 fully saturated rings. The van der Waals surface area contributed by atoms with Crippen molar-refractivity contribution in [3.8, 4) is 17.0 Å². The van der Waals surface area contributed by atoms with Crippen LogP contribution in [0.15, 0.2) is 28.8 Å². The van der Waals surface area contributed by atoms with Crippen LogP contribution in [0.4, 0.5) is 5.88 Å². The van der Waals surface area contributed by atoms with Gasteiger partial charge >= 0.3 is 0 Å². The number of halogens is 1. The molecule has 1 aliphatic rings. The number of hydrogen-bond acceptors (Lipinski definition) is 4. The molecule has 5 heteroatoms. The predicted molar refractivity (Wildman–Crippen MR) is 69.6 cm³/mol. The summed E-state index contributed by atoms with van der Waals surface area (Å²) in [7, 11) is 0. The monoisotopic (exact) mass is 264 g/mol. The molecule has 2 aromatic rings. The van der Waals surface area contributed by atoms with E-state index in [2.05, 4.69) is 5.16 Å². The third kappa shape index (κ3) is 2.43. The van der Waals surface area contributed by atoms with Crippen LogP contribution in [0.1, 0.15) is 12.8 Å². The zero-order valence-electron chi connectivity index (χ0n) is 9.73. The zero-order chi connectivity index (χ0) is 12.5. The van der Waals surface area contributed by atoms with E-state index in [4.69, 9.17) is 26.6 Å². The van der Waals surface area contributed by atoms with Crippen LogP contribution in [-0.4, -0.2) is 11.8 Å². The van der Waals surface area contributed by atoms with Crippen LogP contribution in [0.25, 0.3) is 11.3 Å². The van der Waals surface area contributed by atoms with Gasteiger partial charge in [-0.2, -0.15) is 0 Å². The zero-order valence-corrected chi connectivity index (χ0v) is 10.5.